The van der Waals surface area contributed by atoms with E-state index in [9.17, 15) is 0 Å². The van der Waals surface area contributed by atoms with Crippen molar-refractivity contribution in [3.05, 3.63) is 77.1 Å². The first-order valence-corrected chi connectivity index (χ1v) is 13.2. The lowest BCUT2D eigenvalue weighted by Gasteiger charge is -2.33. The molecule has 5 aromatic rings. The fraction of sp³-hybridized carbons (Fsp3) is 0.321. The quantitative estimate of drug-likeness (QED) is 0.304. The maximum absolute atomic E-state index is 15.6. The Kier molecular flexibility index (Phi) is 7.62. The van der Waals surface area contributed by atoms with Gasteiger partial charge in [-0.05, 0) is 62.4 Å². The molecular formula is C28H27F2N5O3S. The van der Waals surface area contributed by atoms with Crippen LogP contribution in [0.2, 0.25) is 0 Å². The van der Waals surface area contributed by atoms with Crippen molar-refractivity contribution in [1.82, 2.24) is 24.5 Å². The van der Waals surface area contributed by atoms with Gasteiger partial charge in [0.25, 0.3) is 0 Å². The molecule has 0 bridgehead atoms. The number of rotatable bonds is 4. The molecule has 0 spiro atoms. The molecule has 0 radical (unpaired) electrons. The Labute approximate surface area is 227 Å². The molecule has 1 aliphatic rings. The summed E-state index contributed by atoms with van der Waals surface area (Å²) in [5, 5.41) is 8.90. The van der Waals surface area contributed by atoms with Gasteiger partial charge in [0, 0.05) is 43.0 Å². The second-order valence-electron chi connectivity index (χ2n) is 9.73. The van der Waals surface area contributed by atoms with Crippen LogP contribution in [0.3, 0.4) is 0 Å². The Morgan fingerprint density at radius 2 is 1.74 bits per heavy atom. The fourth-order valence-corrected chi connectivity index (χ4v) is 5.69. The number of nitrogens with zero attached hydrogens (tertiary/aromatic N) is 5. The third kappa shape index (κ3) is 4.87. The van der Waals surface area contributed by atoms with E-state index in [4.69, 9.17) is 18.1 Å². The van der Waals surface area contributed by atoms with E-state index in [2.05, 4.69) is 20.9 Å². The molecule has 2 aromatic carbocycles. The first kappa shape index (κ1) is 26.8. The maximum Gasteiger partial charge on any atom is 0.335 e. The summed E-state index contributed by atoms with van der Waals surface area (Å²) in [6, 6.07) is 12.1. The van der Waals surface area contributed by atoms with Crippen LogP contribution in [0, 0.1) is 31.4 Å². The highest BCUT2D eigenvalue weighted by atomic mass is 32.1. The van der Waals surface area contributed by atoms with Gasteiger partial charge in [0.2, 0.25) is 0 Å². The average molecular weight is 552 g/mol. The van der Waals surface area contributed by atoms with E-state index in [1.807, 2.05) is 32.0 Å². The van der Waals surface area contributed by atoms with Crippen molar-refractivity contribution in [3.63, 3.8) is 0 Å². The predicted octanol–water partition coefficient (Wildman–Crippen LogP) is 5.23. The summed E-state index contributed by atoms with van der Waals surface area (Å²) in [5.74, 6) is -0.479. The number of hydrogen-bond donors (Lipinski definition) is 0. The van der Waals surface area contributed by atoms with Gasteiger partial charge < -0.3 is 9.30 Å². The lowest BCUT2D eigenvalue weighted by molar-refractivity contribution is 0.0548. The molecule has 0 amide bonds. The molecule has 0 N–H and O–H groups in total. The van der Waals surface area contributed by atoms with Crippen molar-refractivity contribution in [3.8, 4) is 11.3 Å². The summed E-state index contributed by atoms with van der Waals surface area (Å²) >= 11 is -0.750. The number of pyridine rings is 1. The van der Waals surface area contributed by atoms with Crippen LogP contribution in [0.4, 0.5) is 8.78 Å². The molecule has 1 aliphatic heterocycles. The summed E-state index contributed by atoms with van der Waals surface area (Å²) in [5.41, 5.74) is 5.64. The van der Waals surface area contributed by atoms with Crippen LogP contribution in [0.25, 0.3) is 33.2 Å². The Balaban J connectivity index is 0.000000983. The number of fused-ring (bicyclic) bond motifs is 3. The lowest BCUT2D eigenvalue weighted by Crippen LogP contribution is -2.27. The van der Waals surface area contributed by atoms with Gasteiger partial charge in [-0.1, -0.05) is 23.4 Å². The van der Waals surface area contributed by atoms with Gasteiger partial charge >= 0.3 is 11.6 Å². The van der Waals surface area contributed by atoms with Gasteiger partial charge in [-0.25, -0.2) is 13.5 Å². The topological polar surface area (TPSA) is 91.9 Å². The smallest absolute Gasteiger partial charge is 0.335 e. The van der Waals surface area contributed by atoms with Crippen LogP contribution >= 0.6 is 0 Å². The van der Waals surface area contributed by atoms with E-state index in [1.54, 1.807) is 30.1 Å². The minimum absolute atomic E-state index is 0.142. The van der Waals surface area contributed by atoms with Crippen molar-refractivity contribution in [1.29, 1.82) is 0 Å². The minimum atomic E-state index is -0.750. The van der Waals surface area contributed by atoms with Gasteiger partial charge in [0.1, 0.15) is 11.6 Å². The van der Waals surface area contributed by atoms with E-state index < -0.39 is 11.6 Å². The van der Waals surface area contributed by atoms with E-state index in [0.717, 1.165) is 29.4 Å². The molecule has 6 rings (SSSR count). The molecule has 202 valence electrons. The normalized spacial score (nSPS) is 14.8. The largest absolute Gasteiger partial charge is 0.381 e. The van der Waals surface area contributed by atoms with Crippen molar-refractivity contribution in [2.24, 2.45) is 13.0 Å². The van der Waals surface area contributed by atoms with E-state index in [0.29, 0.717) is 46.6 Å². The summed E-state index contributed by atoms with van der Waals surface area (Å²) in [6.45, 7) is 5.06. The number of aryl methyl sites for hydroxylation is 3. The molecular weight excluding hydrogens is 524 g/mol. The third-order valence-electron chi connectivity index (χ3n) is 7.33. The minimum Gasteiger partial charge on any atom is -0.381 e. The Morgan fingerprint density at radius 1 is 1.03 bits per heavy atom. The SMILES string of the molecule is Cc1cnc2c3cc(F)c(-c4c(C)nnn4C)cc3n([C@H](c3ccccc3F)C3CCOCC3)c2c1.O=S=O. The number of ether oxygens (including phenoxy) is 1. The predicted molar refractivity (Wildman–Crippen MR) is 144 cm³/mol. The summed E-state index contributed by atoms with van der Waals surface area (Å²) in [4.78, 5) is 4.71. The number of benzene rings is 2. The molecule has 39 heavy (non-hydrogen) atoms. The summed E-state index contributed by atoms with van der Waals surface area (Å²) in [6.07, 6.45) is 3.40. The molecule has 1 atom stereocenters. The van der Waals surface area contributed by atoms with Gasteiger partial charge in [0.15, 0.2) is 0 Å². The highest BCUT2D eigenvalue weighted by Crippen LogP contribution is 2.42. The zero-order chi connectivity index (χ0) is 27.7. The van der Waals surface area contributed by atoms with Crippen molar-refractivity contribution >= 4 is 33.5 Å². The number of hydrogen-bond acceptors (Lipinski definition) is 6. The maximum atomic E-state index is 15.6. The molecule has 0 aliphatic carbocycles. The molecule has 0 saturated carbocycles. The molecule has 1 saturated heterocycles. The first-order chi connectivity index (χ1) is 18.8. The fourth-order valence-electron chi connectivity index (χ4n) is 5.69. The summed E-state index contributed by atoms with van der Waals surface area (Å²) in [7, 11) is 1.75. The van der Waals surface area contributed by atoms with Crippen LogP contribution in [0.5, 0.6) is 0 Å². The lowest BCUT2D eigenvalue weighted by atomic mass is 9.86. The highest BCUT2D eigenvalue weighted by molar-refractivity contribution is 7.51. The van der Waals surface area contributed by atoms with Crippen LogP contribution in [0.15, 0.2) is 48.7 Å². The molecule has 11 heteroatoms. The zero-order valence-electron chi connectivity index (χ0n) is 21.7. The second kappa shape index (κ2) is 11.1. The molecule has 8 nitrogen and oxygen atoms in total. The van der Waals surface area contributed by atoms with Crippen LogP contribution in [0.1, 0.15) is 35.7 Å². The third-order valence-corrected chi connectivity index (χ3v) is 7.33. The van der Waals surface area contributed by atoms with Crippen molar-refractivity contribution in [2.45, 2.75) is 32.7 Å². The van der Waals surface area contributed by atoms with Gasteiger partial charge in [-0.3, -0.25) is 4.98 Å². The number of halogens is 2. The van der Waals surface area contributed by atoms with Crippen LogP contribution in [-0.4, -0.2) is 46.2 Å². The summed E-state index contributed by atoms with van der Waals surface area (Å²) < 4.78 is 57.0. The number of aromatic nitrogens is 5. The standard InChI is InChI=1S/C28H27F2N5O.O2S/c1-16-12-25-26(31-15-16)21-13-23(30)20(27-17(2)32-33-34(27)3)14-24(21)35(25)28(18-8-10-36-11-9-18)19-6-4-5-7-22(19)29;1-3-2/h4-7,12-15,18,28H,8-11H2,1-3H3;/t28-;/m0./s1. The van der Waals surface area contributed by atoms with Gasteiger partial charge in [-0.2, -0.15) is 8.42 Å². The van der Waals surface area contributed by atoms with Crippen LogP contribution < -0.4 is 0 Å². The average Bonchev–Trinajstić information content (AvgIpc) is 3.41. The van der Waals surface area contributed by atoms with Crippen molar-refractivity contribution in [2.75, 3.05) is 13.2 Å². The van der Waals surface area contributed by atoms with E-state index in [1.165, 1.54) is 6.07 Å². The van der Waals surface area contributed by atoms with Crippen LogP contribution in [-0.2, 0) is 23.4 Å². The molecule has 1 fully saturated rings. The van der Waals surface area contributed by atoms with E-state index in [-0.39, 0.29) is 23.6 Å². The molecule has 3 aromatic heterocycles. The first-order valence-electron chi connectivity index (χ1n) is 12.6. The monoisotopic (exact) mass is 551 g/mol. The van der Waals surface area contributed by atoms with E-state index >= 15 is 8.78 Å². The van der Waals surface area contributed by atoms with Crippen molar-refractivity contribution < 1.29 is 21.9 Å². The Morgan fingerprint density at radius 3 is 2.41 bits per heavy atom. The highest BCUT2D eigenvalue weighted by Gasteiger charge is 2.32. The molecule has 4 heterocycles. The Bertz CT molecular complexity index is 1690. The zero-order valence-corrected chi connectivity index (χ0v) is 22.5. The van der Waals surface area contributed by atoms with Gasteiger partial charge in [-0.15, -0.1) is 5.10 Å². The second-order valence-corrected chi connectivity index (χ2v) is 9.87. The van der Waals surface area contributed by atoms with Gasteiger partial charge in [0.05, 0.1) is 34.0 Å². The molecule has 0 unspecified atom stereocenters. The Hall–Kier alpha value is -3.83.